The normalized spacial score (nSPS) is 17.5. The molecule has 0 radical (unpaired) electrons. The third-order valence-electron chi connectivity index (χ3n) is 4.92. The van der Waals surface area contributed by atoms with E-state index in [9.17, 15) is 13.2 Å². The maximum absolute atomic E-state index is 13.5. The van der Waals surface area contributed by atoms with Gasteiger partial charge >= 0.3 is 0 Å². The monoisotopic (exact) mass is 497 g/mol. The lowest BCUT2D eigenvalue weighted by molar-refractivity contribution is 0.0674. The molecule has 1 saturated heterocycles. The third-order valence-corrected chi connectivity index (χ3v) is 7.83. The minimum atomic E-state index is -3.18. The fraction of sp³-hybridized carbons (Fsp3) is 0.500. The quantitative estimate of drug-likeness (QED) is 0.378. The van der Waals surface area contributed by atoms with Crippen molar-refractivity contribution in [3.63, 3.8) is 0 Å². The van der Waals surface area contributed by atoms with E-state index in [-0.39, 0.29) is 34.0 Å². The number of rotatable bonds is 9. The van der Waals surface area contributed by atoms with Gasteiger partial charge in [0.1, 0.15) is 5.75 Å². The van der Waals surface area contributed by atoms with Crippen LogP contribution in [0, 0.1) is 0 Å². The highest BCUT2D eigenvalue weighted by atomic mass is 35.5. The Labute approximate surface area is 198 Å². The average Bonchev–Trinajstić information content (AvgIpc) is 3.11. The predicted octanol–water partition coefficient (Wildman–Crippen LogP) is 4.25. The highest BCUT2D eigenvalue weighted by molar-refractivity contribution is 7.99. The van der Waals surface area contributed by atoms with Crippen LogP contribution in [0.3, 0.4) is 0 Å². The Balaban J connectivity index is 1.89. The number of amides is 1. The zero-order chi connectivity index (χ0) is 23.3. The minimum Gasteiger partial charge on any atom is -0.494 e. The number of hydrogen-bond donors (Lipinski definition) is 0. The zero-order valence-electron chi connectivity index (χ0n) is 18.5. The number of nitrogens with zero attached hydrogens (tertiary/aromatic N) is 3. The maximum atomic E-state index is 13.5. The van der Waals surface area contributed by atoms with Crippen molar-refractivity contribution in [2.75, 3.05) is 18.1 Å². The van der Waals surface area contributed by atoms with E-state index in [1.807, 2.05) is 45.0 Å². The van der Waals surface area contributed by atoms with Crippen LogP contribution in [-0.2, 0) is 16.4 Å². The molecule has 7 nitrogen and oxygen atoms in total. The van der Waals surface area contributed by atoms with Crippen LogP contribution < -0.4 is 4.74 Å². The highest BCUT2D eigenvalue weighted by Gasteiger charge is 2.36. The van der Waals surface area contributed by atoms with Crippen molar-refractivity contribution in [2.24, 2.45) is 0 Å². The molecule has 1 fully saturated rings. The molecule has 0 aliphatic carbocycles. The molecule has 0 saturated carbocycles. The number of aromatic nitrogens is 2. The molecule has 1 aromatic carbocycles. The van der Waals surface area contributed by atoms with Crippen molar-refractivity contribution >= 4 is 39.1 Å². The van der Waals surface area contributed by atoms with Crippen molar-refractivity contribution in [3.8, 4) is 5.75 Å². The van der Waals surface area contributed by atoms with Gasteiger partial charge in [0, 0.05) is 17.8 Å². The first kappa shape index (κ1) is 24.8. The fourth-order valence-corrected chi connectivity index (χ4v) is 5.98. The molecule has 1 atom stereocenters. The Bertz CT molecular complexity index is 1050. The second-order valence-electron chi connectivity index (χ2n) is 8.00. The van der Waals surface area contributed by atoms with Crippen molar-refractivity contribution in [2.45, 2.75) is 56.6 Å². The lowest BCUT2D eigenvalue weighted by atomic mass is 10.1. The number of sulfone groups is 1. The van der Waals surface area contributed by atoms with Crippen molar-refractivity contribution in [1.29, 1.82) is 0 Å². The number of hydrogen-bond acceptors (Lipinski definition) is 7. The number of thioether (sulfide) groups is 1. The van der Waals surface area contributed by atoms with E-state index in [0.717, 1.165) is 17.7 Å². The van der Waals surface area contributed by atoms with Gasteiger partial charge in [-0.15, -0.1) is 0 Å². The van der Waals surface area contributed by atoms with Crippen LogP contribution >= 0.6 is 23.4 Å². The molecule has 32 heavy (non-hydrogen) atoms. The molecular weight excluding hydrogens is 470 g/mol. The summed E-state index contributed by atoms with van der Waals surface area (Å²) < 4.78 is 29.9. The minimum absolute atomic E-state index is 0.0628. The molecule has 0 N–H and O–H groups in total. The summed E-state index contributed by atoms with van der Waals surface area (Å²) in [6.45, 7) is 6.94. The van der Waals surface area contributed by atoms with Gasteiger partial charge in [0.15, 0.2) is 20.7 Å². The number of halogens is 1. The predicted molar refractivity (Wildman–Crippen MR) is 127 cm³/mol. The van der Waals surface area contributed by atoms with E-state index >= 15 is 0 Å². The van der Waals surface area contributed by atoms with Crippen molar-refractivity contribution < 1.29 is 17.9 Å². The lowest BCUT2D eigenvalue weighted by Gasteiger charge is -2.28. The molecule has 1 aliphatic heterocycles. The van der Waals surface area contributed by atoms with E-state index in [1.54, 1.807) is 4.90 Å². The van der Waals surface area contributed by atoms with Crippen LogP contribution in [-0.4, -0.2) is 58.6 Å². The topological polar surface area (TPSA) is 89.5 Å². The van der Waals surface area contributed by atoms with E-state index < -0.39 is 21.8 Å². The van der Waals surface area contributed by atoms with Crippen LogP contribution in [0.4, 0.5) is 0 Å². The van der Waals surface area contributed by atoms with Gasteiger partial charge in [-0.25, -0.2) is 18.4 Å². The van der Waals surface area contributed by atoms with Crippen LogP contribution in [0.2, 0.25) is 5.02 Å². The summed E-state index contributed by atoms with van der Waals surface area (Å²) in [4.78, 5) is 23.7. The molecule has 1 amide bonds. The standard InChI is InChI=1S/C22H28ClN3O4S2/c1-4-10-30-18-7-5-16(6-8-18)13-26(17-9-11-32(28,29)14-17)21(27)20-19(23)12-24-22(25-20)31-15(2)3/h5-8,12,15,17H,4,9-11,13-14H2,1-3H3/t17-/m0/s1. The third kappa shape index (κ3) is 6.59. The largest absolute Gasteiger partial charge is 0.494 e. The SMILES string of the molecule is CCCOc1ccc(CN(C(=O)c2nc(SC(C)C)ncc2Cl)[C@H]2CCS(=O)(=O)C2)cc1. The maximum Gasteiger partial charge on any atom is 0.274 e. The molecule has 2 heterocycles. The molecule has 1 aliphatic rings. The lowest BCUT2D eigenvalue weighted by Crippen LogP contribution is -2.41. The van der Waals surface area contributed by atoms with Crippen LogP contribution in [0.15, 0.2) is 35.6 Å². The van der Waals surface area contributed by atoms with Crippen molar-refractivity contribution in [3.05, 3.63) is 46.7 Å². The van der Waals surface area contributed by atoms with E-state index in [1.165, 1.54) is 18.0 Å². The van der Waals surface area contributed by atoms with Crippen LogP contribution in [0.5, 0.6) is 5.75 Å². The Morgan fingerprint density at radius 3 is 2.62 bits per heavy atom. The Hall–Kier alpha value is -1.84. The summed E-state index contributed by atoms with van der Waals surface area (Å²) >= 11 is 7.72. The summed E-state index contributed by atoms with van der Waals surface area (Å²) in [5, 5.41) is 0.852. The molecular formula is C22H28ClN3O4S2. The second-order valence-corrected chi connectivity index (χ2v) is 12.2. The summed E-state index contributed by atoms with van der Waals surface area (Å²) in [6, 6.07) is 7.05. The summed E-state index contributed by atoms with van der Waals surface area (Å²) in [6.07, 6.45) is 2.73. The molecule has 1 aromatic heterocycles. The number of ether oxygens (including phenoxy) is 1. The first-order valence-electron chi connectivity index (χ1n) is 10.6. The molecule has 10 heteroatoms. The average molecular weight is 498 g/mol. The summed E-state index contributed by atoms with van der Waals surface area (Å²) in [5.41, 5.74) is 0.963. The fourth-order valence-electron chi connectivity index (χ4n) is 3.40. The highest BCUT2D eigenvalue weighted by Crippen LogP contribution is 2.27. The number of benzene rings is 1. The molecule has 0 spiro atoms. The Morgan fingerprint density at radius 2 is 2.03 bits per heavy atom. The van der Waals surface area contributed by atoms with Gasteiger partial charge in [0.2, 0.25) is 0 Å². The van der Waals surface area contributed by atoms with Gasteiger partial charge in [-0.05, 0) is 30.5 Å². The van der Waals surface area contributed by atoms with Crippen LogP contribution in [0.25, 0.3) is 0 Å². The van der Waals surface area contributed by atoms with Gasteiger partial charge < -0.3 is 9.64 Å². The van der Waals surface area contributed by atoms with Gasteiger partial charge in [0.25, 0.3) is 5.91 Å². The van der Waals surface area contributed by atoms with Gasteiger partial charge in [-0.3, -0.25) is 4.79 Å². The Kier molecular flexibility index (Phi) is 8.41. The summed E-state index contributed by atoms with van der Waals surface area (Å²) in [7, 11) is -3.18. The first-order chi connectivity index (χ1) is 15.2. The summed E-state index contributed by atoms with van der Waals surface area (Å²) in [5.74, 6) is 0.367. The van der Waals surface area contributed by atoms with Gasteiger partial charge in [0.05, 0.1) is 29.3 Å². The van der Waals surface area contributed by atoms with Crippen molar-refractivity contribution in [1.82, 2.24) is 14.9 Å². The number of carbonyl (C=O) groups is 1. The first-order valence-corrected chi connectivity index (χ1v) is 13.7. The zero-order valence-corrected chi connectivity index (χ0v) is 20.8. The molecule has 2 aromatic rings. The second kappa shape index (κ2) is 10.9. The van der Waals surface area contributed by atoms with Gasteiger partial charge in [-0.1, -0.05) is 56.3 Å². The van der Waals surface area contributed by atoms with E-state index in [4.69, 9.17) is 16.3 Å². The van der Waals surface area contributed by atoms with Crippen LogP contribution in [0.1, 0.15) is 49.7 Å². The van der Waals surface area contributed by atoms with E-state index in [0.29, 0.717) is 18.2 Å². The molecule has 0 unspecified atom stereocenters. The molecule has 3 rings (SSSR count). The van der Waals surface area contributed by atoms with Gasteiger partial charge in [-0.2, -0.15) is 0 Å². The Morgan fingerprint density at radius 1 is 1.31 bits per heavy atom. The molecule has 174 valence electrons. The smallest absolute Gasteiger partial charge is 0.274 e. The molecule has 0 bridgehead atoms. The number of carbonyl (C=O) groups excluding carboxylic acids is 1. The van der Waals surface area contributed by atoms with E-state index in [2.05, 4.69) is 9.97 Å².